The van der Waals surface area contributed by atoms with Crippen LogP contribution in [0.5, 0.6) is 11.5 Å². The lowest BCUT2D eigenvalue weighted by Crippen LogP contribution is -2.27. The van der Waals surface area contributed by atoms with Gasteiger partial charge in [-0.3, -0.25) is 4.79 Å². The molecule has 2 aromatic rings. The van der Waals surface area contributed by atoms with Gasteiger partial charge in [0, 0.05) is 12.5 Å². The minimum Gasteiger partial charge on any atom is -0.481 e. The molecule has 0 aliphatic heterocycles. The quantitative estimate of drug-likeness (QED) is 0.636. The summed E-state index contributed by atoms with van der Waals surface area (Å²) in [4.78, 5) is 10.7. The lowest BCUT2D eigenvalue weighted by atomic mass is 9.95. The van der Waals surface area contributed by atoms with E-state index in [0.29, 0.717) is 18.1 Å². The van der Waals surface area contributed by atoms with Crippen molar-refractivity contribution >= 4 is 5.97 Å². The highest BCUT2D eigenvalue weighted by molar-refractivity contribution is 5.66. The number of aliphatic carboxylic acids is 1. The van der Waals surface area contributed by atoms with E-state index in [-0.39, 0.29) is 30.0 Å². The fourth-order valence-electron chi connectivity index (χ4n) is 4.47. The molecule has 29 heavy (non-hydrogen) atoms. The molecule has 4 rings (SSSR count). The summed E-state index contributed by atoms with van der Waals surface area (Å²) in [6.07, 6.45) is 4.28. The molecule has 0 amide bonds. The van der Waals surface area contributed by atoms with Crippen molar-refractivity contribution in [2.75, 3.05) is 6.61 Å². The Morgan fingerprint density at radius 3 is 2.34 bits per heavy atom. The van der Waals surface area contributed by atoms with Gasteiger partial charge in [0.05, 0.1) is 30.8 Å². The molecule has 0 spiro atoms. The van der Waals surface area contributed by atoms with Gasteiger partial charge in [-0.25, -0.2) is 4.39 Å². The van der Waals surface area contributed by atoms with E-state index in [1.54, 1.807) is 6.07 Å². The maximum Gasteiger partial charge on any atom is 0.305 e. The lowest BCUT2D eigenvalue weighted by Gasteiger charge is -2.28. The van der Waals surface area contributed by atoms with E-state index in [4.69, 9.17) is 19.3 Å². The molecule has 2 saturated carbocycles. The van der Waals surface area contributed by atoms with Crippen molar-refractivity contribution in [1.29, 1.82) is 0 Å². The maximum atomic E-state index is 14.1. The monoisotopic (exact) mass is 400 g/mol. The Labute approximate surface area is 169 Å². The van der Waals surface area contributed by atoms with Gasteiger partial charge in [-0.15, -0.1) is 0 Å². The molecule has 2 fully saturated rings. The van der Waals surface area contributed by atoms with E-state index < -0.39 is 5.97 Å². The zero-order chi connectivity index (χ0) is 20.3. The normalized spacial score (nSPS) is 25.3. The second kappa shape index (κ2) is 8.13. The fraction of sp³-hybridized carbons (Fsp3) is 0.435. The van der Waals surface area contributed by atoms with Crippen LogP contribution in [0.1, 0.15) is 44.1 Å². The molecule has 0 saturated heterocycles. The van der Waals surface area contributed by atoms with Gasteiger partial charge in [-0.05, 0) is 55.5 Å². The topological polar surface area (TPSA) is 65.0 Å². The predicted octanol–water partition coefficient (Wildman–Crippen LogP) is 5.08. The molecule has 0 unspecified atom stereocenters. The average Bonchev–Trinajstić information content (AvgIpc) is 3.23. The summed E-state index contributed by atoms with van der Waals surface area (Å²) in [5, 5.41) is 8.81. The number of fused-ring (bicyclic) bond motifs is 2. The highest BCUT2D eigenvalue weighted by Crippen LogP contribution is 2.54. The zero-order valence-electron chi connectivity index (χ0n) is 16.2. The van der Waals surface area contributed by atoms with E-state index in [2.05, 4.69) is 0 Å². The fourth-order valence-corrected chi connectivity index (χ4v) is 4.47. The smallest absolute Gasteiger partial charge is 0.305 e. The van der Waals surface area contributed by atoms with Crippen molar-refractivity contribution in [3.63, 3.8) is 0 Å². The van der Waals surface area contributed by atoms with Gasteiger partial charge in [0.1, 0.15) is 17.3 Å². The van der Waals surface area contributed by atoms with Gasteiger partial charge in [0.25, 0.3) is 0 Å². The van der Waals surface area contributed by atoms with Crippen LogP contribution in [-0.2, 0) is 20.9 Å². The van der Waals surface area contributed by atoms with Crippen LogP contribution in [0.15, 0.2) is 48.5 Å². The first-order valence-corrected chi connectivity index (χ1v) is 9.98. The molecule has 2 aliphatic carbocycles. The van der Waals surface area contributed by atoms with Crippen molar-refractivity contribution in [3.8, 4) is 11.5 Å². The van der Waals surface area contributed by atoms with E-state index in [1.165, 1.54) is 12.1 Å². The average molecular weight is 400 g/mol. The summed E-state index contributed by atoms with van der Waals surface area (Å²) in [7, 11) is 0. The summed E-state index contributed by atoms with van der Waals surface area (Å²) >= 11 is 0. The van der Waals surface area contributed by atoms with Gasteiger partial charge in [-0.1, -0.05) is 18.2 Å². The molecule has 0 aromatic heterocycles. The third-order valence-electron chi connectivity index (χ3n) is 5.90. The van der Waals surface area contributed by atoms with E-state index in [9.17, 15) is 9.18 Å². The molecule has 154 valence electrons. The van der Waals surface area contributed by atoms with Crippen LogP contribution in [0, 0.1) is 5.82 Å². The highest BCUT2D eigenvalue weighted by Gasteiger charge is 2.56. The molecular formula is C23H25FO5. The highest BCUT2D eigenvalue weighted by atomic mass is 19.1. The number of ether oxygens (including phenoxy) is 3. The van der Waals surface area contributed by atoms with Crippen molar-refractivity contribution < 1.29 is 28.5 Å². The van der Waals surface area contributed by atoms with Crippen molar-refractivity contribution in [1.82, 2.24) is 0 Å². The van der Waals surface area contributed by atoms with Crippen LogP contribution in [0.3, 0.4) is 0 Å². The molecule has 1 N–H and O–H groups in total. The first kappa shape index (κ1) is 19.9. The summed E-state index contributed by atoms with van der Waals surface area (Å²) in [6.45, 7) is 0.531. The number of carboxylic acids is 1. The van der Waals surface area contributed by atoms with E-state index in [1.807, 2.05) is 30.3 Å². The van der Waals surface area contributed by atoms with Crippen LogP contribution < -0.4 is 4.74 Å². The van der Waals surface area contributed by atoms with E-state index >= 15 is 0 Å². The first-order valence-electron chi connectivity index (χ1n) is 9.98. The van der Waals surface area contributed by atoms with Crippen molar-refractivity contribution in [2.45, 2.75) is 56.3 Å². The Hall–Kier alpha value is -2.44. The van der Waals surface area contributed by atoms with Crippen LogP contribution in [0.4, 0.5) is 4.39 Å². The number of halogens is 1. The first-order chi connectivity index (χ1) is 14.0. The summed E-state index contributed by atoms with van der Waals surface area (Å²) in [6, 6.07) is 13.9. The molecule has 0 heterocycles. The second-order valence-electron chi connectivity index (χ2n) is 8.03. The van der Waals surface area contributed by atoms with Gasteiger partial charge in [0.2, 0.25) is 0 Å². The summed E-state index contributed by atoms with van der Waals surface area (Å²) in [5.41, 5.74) is 0.191. The van der Waals surface area contributed by atoms with Crippen molar-refractivity contribution in [3.05, 3.63) is 59.9 Å². The molecule has 0 radical (unpaired) electrons. The molecule has 6 heteroatoms. The minimum absolute atomic E-state index is 0.0170. The SMILES string of the molecule is O=C(O)CCOC12CCC(OCc3cc(F)cc(Oc4ccccc4)c3)(CC1)C2. The van der Waals surface area contributed by atoms with Crippen LogP contribution in [0.25, 0.3) is 0 Å². The van der Waals surface area contributed by atoms with E-state index in [0.717, 1.165) is 37.7 Å². The Morgan fingerprint density at radius 2 is 1.66 bits per heavy atom. The molecule has 0 atom stereocenters. The van der Waals surface area contributed by atoms with Crippen LogP contribution in [-0.4, -0.2) is 28.9 Å². The van der Waals surface area contributed by atoms with Gasteiger partial charge < -0.3 is 19.3 Å². The summed E-state index contributed by atoms with van der Waals surface area (Å²) < 4.78 is 32.0. The number of benzene rings is 2. The third kappa shape index (κ3) is 4.77. The molecule has 2 aliphatic rings. The second-order valence-corrected chi connectivity index (χ2v) is 8.03. The number of carbonyl (C=O) groups is 1. The Bertz CT molecular complexity index is 859. The Balaban J connectivity index is 1.36. The van der Waals surface area contributed by atoms with Crippen LogP contribution in [0.2, 0.25) is 0 Å². The van der Waals surface area contributed by atoms with Crippen molar-refractivity contribution in [2.24, 2.45) is 0 Å². The number of carboxylic acid groups (broad SMARTS) is 1. The van der Waals surface area contributed by atoms with Crippen LogP contribution >= 0.6 is 0 Å². The van der Waals surface area contributed by atoms with Gasteiger partial charge >= 0.3 is 5.97 Å². The molecular weight excluding hydrogens is 375 g/mol. The Morgan fingerprint density at radius 1 is 0.966 bits per heavy atom. The molecule has 2 bridgehead atoms. The maximum absolute atomic E-state index is 14.1. The Kier molecular flexibility index (Phi) is 5.56. The minimum atomic E-state index is -0.848. The number of hydrogen-bond donors (Lipinski definition) is 1. The largest absolute Gasteiger partial charge is 0.481 e. The summed E-state index contributed by atoms with van der Waals surface area (Å²) in [5.74, 6) is -0.117. The van der Waals surface area contributed by atoms with Gasteiger partial charge in [-0.2, -0.15) is 0 Å². The number of para-hydroxylation sites is 1. The molecule has 5 nitrogen and oxygen atoms in total. The zero-order valence-corrected chi connectivity index (χ0v) is 16.2. The number of rotatable bonds is 9. The third-order valence-corrected chi connectivity index (χ3v) is 5.90. The predicted molar refractivity (Wildman–Crippen MR) is 104 cm³/mol. The standard InChI is InChI=1S/C23H25FO5/c24-18-12-17(13-20(14-18)29-19-4-2-1-3-5-19)15-28-23-9-7-22(16-23,8-10-23)27-11-6-21(25)26/h1-5,12-14H,6-11,15-16H2,(H,25,26). The number of hydrogen-bond acceptors (Lipinski definition) is 4. The molecule has 2 aromatic carbocycles. The lowest BCUT2D eigenvalue weighted by molar-refractivity contribution is -0.140. The van der Waals surface area contributed by atoms with Gasteiger partial charge in [0.15, 0.2) is 0 Å².